The van der Waals surface area contributed by atoms with Crippen molar-refractivity contribution in [2.45, 2.75) is 25.7 Å². The van der Waals surface area contributed by atoms with Crippen LogP contribution >= 0.6 is 0 Å². The molecule has 5 heteroatoms. The molecule has 0 saturated carbocycles. The maximum atomic E-state index is 8.74. The Labute approximate surface area is 121 Å². The van der Waals surface area contributed by atoms with E-state index >= 15 is 0 Å². The Morgan fingerprint density at radius 1 is 1.10 bits per heavy atom. The number of nitrogens with two attached hydrogens (primary N) is 1. The van der Waals surface area contributed by atoms with E-state index in [4.69, 9.17) is 10.8 Å². The summed E-state index contributed by atoms with van der Waals surface area (Å²) in [4.78, 5) is 9.17. The maximum Gasteiger partial charge on any atom is 0.151 e. The Morgan fingerprint density at radius 3 is 2.55 bits per heavy atom. The third kappa shape index (κ3) is 4.35. The third-order valence-corrected chi connectivity index (χ3v) is 3.87. The van der Waals surface area contributed by atoms with E-state index in [1.807, 2.05) is 12.1 Å². The second kappa shape index (κ2) is 8.07. The molecule has 2 rings (SSSR count). The molecule has 0 unspecified atom stereocenters. The number of anilines is 2. The Morgan fingerprint density at radius 2 is 1.85 bits per heavy atom. The van der Waals surface area contributed by atoms with Crippen molar-refractivity contribution in [1.82, 2.24) is 9.88 Å². The van der Waals surface area contributed by atoms with E-state index in [1.54, 1.807) is 6.20 Å². The van der Waals surface area contributed by atoms with Gasteiger partial charge < -0.3 is 15.7 Å². The summed E-state index contributed by atoms with van der Waals surface area (Å²) in [6.07, 6.45) is 6.33. The molecule has 0 spiro atoms. The van der Waals surface area contributed by atoms with E-state index in [0.717, 1.165) is 57.1 Å². The summed E-state index contributed by atoms with van der Waals surface area (Å²) in [5, 5.41) is 8.74. The van der Waals surface area contributed by atoms with E-state index in [9.17, 15) is 0 Å². The van der Waals surface area contributed by atoms with Gasteiger partial charge in [-0.1, -0.05) is 12.8 Å². The molecule has 0 atom stereocenters. The van der Waals surface area contributed by atoms with Crippen molar-refractivity contribution in [3.8, 4) is 0 Å². The molecule has 1 aromatic heterocycles. The van der Waals surface area contributed by atoms with Crippen LogP contribution in [-0.4, -0.2) is 54.3 Å². The molecule has 0 radical (unpaired) electrons. The predicted octanol–water partition coefficient (Wildman–Crippen LogP) is 1.34. The van der Waals surface area contributed by atoms with Crippen LogP contribution in [0.3, 0.4) is 0 Å². The number of hydrogen-bond acceptors (Lipinski definition) is 5. The van der Waals surface area contributed by atoms with Crippen LogP contribution in [0.1, 0.15) is 25.7 Å². The first kappa shape index (κ1) is 15.1. The lowest BCUT2D eigenvalue weighted by Gasteiger charge is -2.35. The number of aliphatic hydroxyl groups is 1. The summed E-state index contributed by atoms with van der Waals surface area (Å²) >= 11 is 0. The number of aromatic nitrogens is 1. The number of hydrogen-bond donors (Lipinski definition) is 2. The van der Waals surface area contributed by atoms with Crippen LogP contribution in [0.4, 0.5) is 11.5 Å². The van der Waals surface area contributed by atoms with Gasteiger partial charge in [0.25, 0.3) is 0 Å². The highest BCUT2D eigenvalue weighted by Crippen LogP contribution is 2.20. The Kier molecular flexibility index (Phi) is 6.08. The van der Waals surface area contributed by atoms with Gasteiger partial charge in [0.2, 0.25) is 0 Å². The molecular formula is C15H26N4O. The average molecular weight is 278 g/mol. The summed E-state index contributed by atoms with van der Waals surface area (Å²) in [7, 11) is 0. The normalized spacial score (nSPS) is 16.6. The zero-order valence-corrected chi connectivity index (χ0v) is 12.2. The first-order valence-corrected chi connectivity index (χ1v) is 7.60. The number of rotatable bonds is 7. The predicted molar refractivity (Wildman–Crippen MR) is 82.9 cm³/mol. The molecule has 1 aromatic rings. The fourth-order valence-corrected chi connectivity index (χ4v) is 2.66. The molecule has 3 N–H and O–H groups in total. The second-order valence-corrected chi connectivity index (χ2v) is 5.38. The number of aliphatic hydroxyl groups excluding tert-OH is 1. The molecule has 1 aliphatic rings. The second-order valence-electron chi connectivity index (χ2n) is 5.38. The molecule has 112 valence electrons. The Hall–Kier alpha value is -1.33. The quantitative estimate of drug-likeness (QED) is 0.737. The molecule has 0 aromatic carbocycles. The van der Waals surface area contributed by atoms with Gasteiger partial charge in [0.1, 0.15) is 0 Å². The first-order valence-electron chi connectivity index (χ1n) is 7.60. The van der Waals surface area contributed by atoms with Gasteiger partial charge >= 0.3 is 0 Å². The van der Waals surface area contributed by atoms with Gasteiger partial charge in [-0.3, -0.25) is 4.90 Å². The minimum Gasteiger partial charge on any atom is -0.396 e. The Bertz CT molecular complexity index is 391. The van der Waals surface area contributed by atoms with Crippen molar-refractivity contribution < 1.29 is 5.11 Å². The van der Waals surface area contributed by atoms with Crippen LogP contribution in [-0.2, 0) is 0 Å². The lowest BCUT2D eigenvalue weighted by atomic mass is 10.2. The smallest absolute Gasteiger partial charge is 0.151 e. The number of pyridine rings is 1. The van der Waals surface area contributed by atoms with Gasteiger partial charge in [0.15, 0.2) is 5.82 Å². The highest BCUT2D eigenvalue weighted by molar-refractivity contribution is 5.62. The summed E-state index contributed by atoms with van der Waals surface area (Å²) in [5.74, 6) is 0.926. The van der Waals surface area contributed by atoms with Crippen molar-refractivity contribution in [2.24, 2.45) is 0 Å². The lowest BCUT2D eigenvalue weighted by molar-refractivity contribution is 0.247. The minimum atomic E-state index is 0.324. The molecule has 1 aliphatic heterocycles. The minimum absolute atomic E-state index is 0.324. The van der Waals surface area contributed by atoms with E-state index in [2.05, 4.69) is 14.8 Å². The monoisotopic (exact) mass is 278 g/mol. The average Bonchev–Trinajstić information content (AvgIpc) is 2.48. The van der Waals surface area contributed by atoms with E-state index in [-0.39, 0.29) is 0 Å². The topological polar surface area (TPSA) is 65.6 Å². The molecule has 20 heavy (non-hydrogen) atoms. The number of nitrogen functional groups attached to an aromatic ring is 1. The van der Waals surface area contributed by atoms with Crippen molar-refractivity contribution in [3.63, 3.8) is 0 Å². The molecule has 0 bridgehead atoms. The molecular weight excluding hydrogens is 252 g/mol. The van der Waals surface area contributed by atoms with Gasteiger partial charge in [-0.15, -0.1) is 0 Å². The molecule has 0 aliphatic carbocycles. The van der Waals surface area contributed by atoms with E-state index < -0.39 is 0 Å². The standard InChI is InChI=1S/C15H26N4O/c16-14-6-5-7-17-15(14)19-11-9-18(10-12-19)8-3-1-2-4-13-20/h5-7,20H,1-4,8-13,16H2. The molecule has 1 fully saturated rings. The van der Waals surface area contributed by atoms with Crippen LogP contribution < -0.4 is 10.6 Å². The Balaban J connectivity index is 1.69. The molecule has 0 amide bonds. The number of nitrogens with zero attached hydrogens (tertiary/aromatic N) is 3. The zero-order chi connectivity index (χ0) is 14.2. The summed E-state index contributed by atoms with van der Waals surface area (Å²) in [6, 6.07) is 3.79. The van der Waals surface area contributed by atoms with Gasteiger partial charge in [0.05, 0.1) is 5.69 Å². The third-order valence-electron chi connectivity index (χ3n) is 3.87. The highest BCUT2D eigenvalue weighted by atomic mass is 16.2. The van der Waals surface area contributed by atoms with E-state index in [0.29, 0.717) is 6.61 Å². The highest BCUT2D eigenvalue weighted by Gasteiger charge is 2.18. The summed E-state index contributed by atoms with van der Waals surface area (Å²) in [5.41, 5.74) is 6.74. The van der Waals surface area contributed by atoms with Gasteiger partial charge in [0, 0.05) is 39.0 Å². The first-order chi connectivity index (χ1) is 9.81. The fourth-order valence-electron chi connectivity index (χ4n) is 2.66. The molecule has 1 saturated heterocycles. The molecule has 5 nitrogen and oxygen atoms in total. The van der Waals surface area contributed by atoms with Crippen molar-refractivity contribution in [3.05, 3.63) is 18.3 Å². The van der Waals surface area contributed by atoms with E-state index in [1.165, 1.54) is 12.8 Å². The maximum absolute atomic E-state index is 8.74. The summed E-state index contributed by atoms with van der Waals surface area (Å²) in [6.45, 7) is 5.64. The molecule has 2 heterocycles. The lowest BCUT2D eigenvalue weighted by Crippen LogP contribution is -2.47. The van der Waals surface area contributed by atoms with Crippen molar-refractivity contribution in [2.75, 3.05) is 50.0 Å². The van der Waals surface area contributed by atoms with Crippen LogP contribution in [0.25, 0.3) is 0 Å². The van der Waals surface area contributed by atoms with Crippen molar-refractivity contribution in [1.29, 1.82) is 0 Å². The number of piperazine rings is 1. The number of unbranched alkanes of at least 4 members (excludes halogenated alkanes) is 3. The SMILES string of the molecule is Nc1cccnc1N1CCN(CCCCCCO)CC1. The van der Waals surface area contributed by atoms with Crippen molar-refractivity contribution >= 4 is 11.5 Å². The van der Waals surface area contributed by atoms with Gasteiger partial charge in [-0.25, -0.2) is 4.98 Å². The van der Waals surface area contributed by atoms with Crippen LogP contribution in [0, 0.1) is 0 Å². The van der Waals surface area contributed by atoms with Crippen LogP contribution in [0.5, 0.6) is 0 Å². The van der Waals surface area contributed by atoms with Gasteiger partial charge in [-0.2, -0.15) is 0 Å². The van der Waals surface area contributed by atoms with Crippen LogP contribution in [0.2, 0.25) is 0 Å². The van der Waals surface area contributed by atoms with Gasteiger partial charge in [-0.05, 0) is 31.5 Å². The summed E-state index contributed by atoms with van der Waals surface area (Å²) < 4.78 is 0. The van der Waals surface area contributed by atoms with Crippen LogP contribution in [0.15, 0.2) is 18.3 Å². The zero-order valence-electron chi connectivity index (χ0n) is 12.2. The largest absolute Gasteiger partial charge is 0.396 e. The fraction of sp³-hybridized carbons (Fsp3) is 0.667.